The van der Waals surface area contributed by atoms with Crippen LogP contribution < -0.4 is 15.2 Å². The van der Waals surface area contributed by atoms with Gasteiger partial charge in [-0.3, -0.25) is 4.79 Å². The molecule has 0 bridgehead atoms. The number of hydrogen-bond donors (Lipinski definition) is 2. The van der Waals surface area contributed by atoms with E-state index < -0.39 is 11.9 Å². The van der Waals surface area contributed by atoms with Gasteiger partial charge in [-0.05, 0) is 36.8 Å². The largest absolute Gasteiger partial charge is 0.493 e. The average molecular weight is 295 g/mol. The molecule has 0 radical (unpaired) electrons. The molecular weight excluding hydrogens is 270 g/mol. The van der Waals surface area contributed by atoms with Crippen LogP contribution in [0.1, 0.15) is 25.3 Å². The third kappa shape index (κ3) is 4.93. The highest BCUT2D eigenvalue weighted by atomic mass is 16.5. The Kier molecular flexibility index (Phi) is 7.02. The molecule has 1 aromatic rings. The van der Waals surface area contributed by atoms with Crippen LogP contribution in [-0.2, 0) is 11.2 Å². The molecule has 2 unspecified atom stereocenters. The minimum Gasteiger partial charge on any atom is -0.493 e. The summed E-state index contributed by atoms with van der Waals surface area (Å²) in [5.41, 5.74) is 6.57. The molecule has 0 spiro atoms. The van der Waals surface area contributed by atoms with E-state index in [9.17, 15) is 4.79 Å². The lowest BCUT2D eigenvalue weighted by Gasteiger charge is -2.17. The number of ether oxygens (including phenoxy) is 2. The van der Waals surface area contributed by atoms with Gasteiger partial charge in [0.2, 0.25) is 0 Å². The number of rotatable bonds is 9. The van der Waals surface area contributed by atoms with Crippen molar-refractivity contribution in [2.75, 3.05) is 20.8 Å². The van der Waals surface area contributed by atoms with Crippen LogP contribution in [0.25, 0.3) is 0 Å². The molecule has 0 fully saturated rings. The Hall–Kier alpha value is -1.75. The van der Waals surface area contributed by atoms with Gasteiger partial charge in [-0.2, -0.15) is 0 Å². The van der Waals surface area contributed by atoms with E-state index in [2.05, 4.69) is 6.92 Å². The second-order valence-electron chi connectivity index (χ2n) is 5.30. The summed E-state index contributed by atoms with van der Waals surface area (Å²) in [7, 11) is 3.24. The number of benzene rings is 1. The average Bonchev–Trinajstić information content (AvgIpc) is 2.49. The standard InChI is InChI=1S/C16H25NO4/c1-11(9-13(10-17)16(18)19)7-8-12-5-4-6-14(20-2)15(12)21-3/h4-6,11,13H,7-10,17H2,1-3H3,(H,18,19). The van der Waals surface area contributed by atoms with Crippen LogP contribution in [0.5, 0.6) is 11.5 Å². The summed E-state index contributed by atoms with van der Waals surface area (Å²) in [4.78, 5) is 11.0. The van der Waals surface area contributed by atoms with Crippen molar-refractivity contribution in [3.05, 3.63) is 23.8 Å². The highest BCUT2D eigenvalue weighted by Gasteiger charge is 2.19. The molecule has 5 heteroatoms. The van der Waals surface area contributed by atoms with Gasteiger partial charge in [-0.15, -0.1) is 0 Å². The monoisotopic (exact) mass is 295 g/mol. The Balaban J connectivity index is 2.64. The molecule has 0 saturated heterocycles. The van der Waals surface area contributed by atoms with Gasteiger partial charge >= 0.3 is 5.97 Å². The van der Waals surface area contributed by atoms with Crippen LogP contribution >= 0.6 is 0 Å². The number of nitrogens with two attached hydrogens (primary N) is 1. The van der Waals surface area contributed by atoms with Crippen LogP contribution in [0.3, 0.4) is 0 Å². The molecule has 0 aliphatic carbocycles. The maximum Gasteiger partial charge on any atom is 0.307 e. The molecule has 3 N–H and O–H groups in total. The van der Waals surface area contributed by atoms with E-state index in [4.69, 9.17) is 20.3 Å². The predicted molar refractivity (Wildman–Crippen MR) is 81.8 cm³/mol. The first-order valence-corrected chi connectivity index (χ1v) is 7.16. The second kappa shape index (κ2) is 8.52. The zero-order valence-corrected chi connectivity index (χ0v) is 13.0. The molecule has 0 heterocycles. The normalized spacial score (nSPS) is 13.5. The lowest BCUT2D eigenvalue weighted by molar-refractivity contribution is -0.141. The SMILES string of the molecule is COc1cccc(CCC(C)CC(CN)C(=O)O)c1OC. The Morgan fingerprint density at radius 2 is 2.05 bits per heavy atom. The second-order valence-corrected chi connectivity index (χ2v) is 5.30. The highest BCUT2D eigenvalue weighted by molar-refractivity contribution is 5.70. The van der Waals surface area contributed by atoms with Crippen LogP contribution in [0, 0.1) is 11.8 Å². The van der Waals surface area contributed by atoms with Crippen molar-refractivity contribution in [1.82, 2.24) is 0 Å². The molecule has 2 atom stereocenters. The fourth-order valence-electron chi connectivity index (χ4n) is 2.45. The van der Waals surface area contributed by atoms with E-state index >= 15 is 0 Å². The van der Waals surface area contributed by atoms with Crippen molar-refractivity contribution in [1.29, 1.82) is 0 Å². The Morgan fingerprint density at radius 3 is 2.57 bits per heavy atom. The Morgan fingerprint density at radius 1 is 1.33 bits per heavy atom. The van der Waals surface area contributed by atoms with Crippen molar-refractivity contribution in [2.24, 2.45) is 17.6 Å². The van der Waals surface area contributed by atoms with Gasteiger partial charge < -0.3 is 20.3 Å². The van der Waals surface area contributed by atoms with E-state index in [1.165, 1.54) is 0 Å². The van der Waals surface area contributed by atoms with Crippen LogP contribution in [0.4, 0.5) is 0 Å². The van der Waals surface area contributed by atoms with Gasteiger partial charge in [0.15, 0.2) is 11.5 Å². The molecule has 0 aromatic heterocycles. The fourth-order valence-corrected chi connectivity index (χ4v) is 2.45. The maximum atomic E-state index is 11.0. The quantitative estimate of drug-likeness (QED) is 0.730. The first-order valence-electron chi connectivity index (χ1n) is 7.16. The van der Waals surface area contributed by atoms with Crippen molar-refractivity contribution in [3.8, 4) is 11.5 Å². The van der Waals surface area contributed by atoms with Gasteiger partial charge in [0.1, 0.15) is 0 Å². The van der Waals surface area contributed by atoms with Gasteiger partial charge in [-0.1, -0.05) is 19.1 Å². The van der Waals surface area contributed by atoms with Crippen molar-refractivity contribution in [3.63, 3.8) is 0 Å². The van der Waals surface area contributed by atoms with E-state index in [-0.39, 0.29) is 12.5 Å². The first-order chi connectivity index (χ1) is 10.0. The maximum absolute atomic E-state index is 11.0. The molecule has 0 aliphatic rings. The van der Waals surface area contributed by atoms with Crippen LogP contribution in [0.15, 0.2) is 18.2 Å². The number of aryl methyl sites for hydroxylation is 1. The third-order valence-electron chi connectivity index (χ3n) is 3.71. The van der Waals surface area contributed by atoms with Gasteiger partial charge in [-0.25, -0.2) is 0 Å². The van der Waals surface area contributed by atoms with Crippen molar-refractivity contribution in [2.45, 2.75) is 26.2 Å². The zero-order chi connectivity index (χ0) is 15.8. The third-order valence-corrected chi connectivity index (χ3v) is 3.71. The van der Waals surface area contributed by atoms with Gasteiger partial charge in [0.25, 0.3) is 0 Å². The summed E-state index contributed by atoms with van der Waals surface area (Å²) in [6.07, 6.45) is 2.30. The smallest absolute Gasteiger partial charge is 0.307 e. The van der Waals surface area contributed by atoms with E-state index in [0.29, 0.717) is 12.2 Å². The molecule has 0 aliphatic heterocycles. The fraction of sp³-hybridized carbons (Fsp3) is 0.562. The molecule has 5 nitrogen and oxygen atoms in total. The molecule has 0 saturated carbocycles. The highest BCUT2D eigenvalue weighted by Crippen LogP contribution is 2.32. The summed E-state index contributed by atoms with van der Waals surface area (Å²) in [5.74, 6) is 0.468. The minimum absolute atomic E-state index is 0.183. The molecular formula is C16H25NO4. The zero-order valence-electron chi connectivity index (χ0n) is 13.0. The number of carbonyl (C=O) groups is 1. The molecule has 1 aromatic carbocycles. The van der Waals surface area contributed by atoms with E-state index in [0.717, 1.165) is 24.2 Å². The lowest BCUT2D eigenvalue weighted by Crippen LogP contribution is -2.25. The number of aliphatic carboxylic acids is 1. The number of carboxylic acid groups (broad SMARTS) is 1. The molecule has 1 rings (SSSR count). The topological polar surface area (TPSA) is 81.8 Å². The summed E-state index contributed by atoms with van der Waals surface area (Å²) in [6, 6.07) is 5.80. The van der Waals surface area contributed by atoms with Crippen molar-refractivity contribution < 1.29 is 19.4 Å². The number of methoxy groups -OCH3 is 2. The first kappa shape index (κ1) is 17.3. The number of para-hydroxylation sites is 1. The minimum atomic E-state index is -0.816. The van der Waals surface area contributed by atoms with Crippen LogP contribution in [0.2, 0.25) is 0 Å². The number of carboxylic acids is 1. The van der Waals surface area contributed by atoms with E-state index in [1.807, 2.05) is 18.2 Å². The molecule has 21 heavy (non-hydrogen) atoms. The van der Waals surface area contributed by atoms with Crippen molar-refractivity contribution >= 4 is 5.97 Å². The summed E-state index contributed by atoms with van der Waals surface area (Å²) >= 11 is 0. The van der Waals surface area contributed by atoms with Gasteiger partial charge in [0, 0.05) is 6.54 Å². The Bertz CT molecular complexity index is 462. The van der Waals surface area contributed by atoms with Gasteiger partial charge in [0.05, 0.1) is 20.1 Å². The summed E-state index contributed by atoms with van der Waals surface area (Å²) < 4.78 is 10.7. The summed E-state index contributed by atoms with van der Waals surface area (Å²) in [5, 5.41) is 9.04. The van der Waals surface area contributed by atoms with E-state index in [1.54, 1.807) is 14.2 Å². The predicted octanol–water partition coefficient (Wildman–Crippen LogP) is 2.32. The Labute approximate surface area is 126 Å². The van der Waals surface area contributed by atoms with Crippen LogP contribution in [-0.4, -0.2) is 31.8 Å². The number of hydrogen-bond acceptors (Lipinski definition) is 4. The summed E-state index contributed by atoms with van der Waals surface area (Å²) in [6.45, 7) is 2.24. The lowest BCUT2D eigenvalue weighted by atomic mass is 9.91. The molecule has 0 amide bonds. The molecule has 118 valence electrons.